The van der Waals surface area contributed by atoms with Gasteiger partial charge in [-0.1, -0.05) is 6.07 Å². The van der Waals surface area contributed by atoms with Gasteiger partial charge in [0.1, 0.15) is 0 Å². The van der Waals surface area contributed by atoms with Gasteiger partial charge in [0.2, 0.25) is 0 Å². The fourth-order valence-corrected chi connectivity index (χ4v) is 4.98. The van der Waals surface area contributed by atoms with E-state index in [0.717, 1.165) is 24.0 Å². The molecule has 2 aliphatic rings. The predicted molar refractivity (Wildman–Crippen MR) is 79.9 cm³/mol. The summed E-state index contributed by atoms with van der Waals surface area (Å²) in [5.41, 5.74) is 0. The first-order chi connectivity index (χ1) is 9.25. The van der Waals surface area contributed by atoms with Gasteiger partial charge in [0.05, 0.1) is 6.42 Å². The molecular formula is C14H19NO2S2. The lowest BCUT2D eigenvalue weighted by Crippen LogP contribution is -2.46. The number of carboxylic acids is 1. The molecule has 2 fully saturated rings. The van der Waals surface area contributed by atoms with E-state index in [0.29, 0.717) is 6.04 Å². The molecule has 19 heavy (non-hydrogen) atoms. The molecule has 1 aromatic rings. The molecule has 0 aromatic carbocycles. The molecule has 1 saturated carbocycles. The molecule has 1 aliphatic heterocycles. The van der Waals surface area contributed by atoms with Crippen molar-refractivity contribution in [3.63, 3.8) is 0 Å². The number of carboxylic acid groups (broad SMARTS) is 1. The van der Waals surface area contributed by atoms with Gasteiger partial charge in [-0.3, -0.25) is 9.69 Å². The minimum absolute atomic E-state index is 0.198. The SMILES string of the molecule is O=C(O)CC1CSCCN1C(c1cccs1)C1CC1. The van der Waals surface area contributed by atoms with Gasteiger partial charge in [0, 0.05) is 35.0 Å². The second-order valence-electron chi connectivity index (χ2n) is 5.36. The van der Waals surface area contributed by atoms with E-state index in [4.69, 9.17) is 5.11 Å². The van der Waals surface area contributed by atoms with Crippen LogP contribution in [0.3, 0.4) is 0 Å². The number of thiophene rings is 1. The number of hydrogen-bond acceptors (Lipinski definition) is 4. The molecule has 0 radical (unpaired) electrons. The van der Waals surface area contributed by atoms with Gasteiger partial charge < -0.3 is 5.11 Å². The Labute approximate surface area is 122 Å². The van der Waals surface area contributed by atoms with E-state index in [1.807, 2.05) is 23.1 Å². The van der Waals surface area contributed by atoms with E-state index in [1.54, 1.807) is 0 Å². The standard InChI is InChI=1S/C14H19NO2S2/c16-13(17)8-11-9-18-7-5-15(11)14(10-3-4-10)12-2-1-6-19-12/h1-2,6,10-11,14H,3-5,7-9H2,(H,16,17). The minimum Gasteiger partial charge on any atom is -0.481 e. The number of rotatable bonds is 5. The second-order valence-corrected chi connectivity index (χ2v) is 7.49. The zero-order chi connectivity index (χ0) is 13.2. The Kier molecular flexibility index (Phi) is 4.15. The topological polar surface area (TPSA) is 40.5 Å². The highest BCUT2D eigenvalue weighted by Crippen LogP contribution is 2.47. The van der Waals surface area contributed by atoms with Gasteiger partial charge in [-0.15, -0.1) is 11.3 Å². The van der Waals surface area contributed by atoms with Crippen molar-refractivity contribution < 1.29 is 9.90 Å². The largest absolute Gasteiger partial charge is 0.481 e. The Morgan fingerprint density at radius 2 is 2.37 bits per heavy atom. The van der Waals surface area contributed by atoms with Crippen LogP contribution in [-0.4, -0.2) is 40.1 Å². The number of hydrogen-bond donors (Lipinski definition) is 1. The predicted octanol–water partition coefficient (Wildman–Crippen LogP) is 3.09. The summed E-state index contributed by atoms with van der Waals surface area (Å²) >= 11 is 3.71. The summed E-state index contributed by atoms with van der Waals surface area (Å²) in [6.45, 7) is 1.03. The van der Waals surface area contributed by atoms with Crippen molar-refractivity contribution in [1.82, 2.24) is 4.90 Å². The van der Waals surface area contributed by atoms with Crippen LogP contribution < -0.4 is 0 Å². The van der Waals surface area contributed by atoms with Crippen LogP contribution in [0, 0.1) is 5.92 Å². The van der Waals surface area contributed by atoms with Gasteiger partial charge in [0.25, 0.3) is 0 Å². The molecule has 104 valence electrons. The van der Waals surface area contributed by atoms with Gasteiger partial charge in [-0.2, -0.15) is 11.8 Å². The van der Waals surface area contributed by atoms with Crippen LogP contribution in [0.15, 0.2) is 17.5 Å². The van der Waals surface area contributed by atoms with E-state index in [-0.39, 0.29) is 12.5 Å². The summed E-state index contributed by atoms with van der Waals surface area (Å²) in [6.07, 6.45) is 2.87. The van der Waals surface area contributed by atoms with Crippen LogP contribution in [0.2, 0.25) is 0 Å². The summed E-state index contributed by atoms with van der Waals surface area (Å²) in [4.78, 5) is 15.0. The Morgan fingerprint density at radius 3 is 3.00 bits per heavy atom. The quantitative estimate of drug-likeness (QED) is 0.906. The minimum atomic E-state index is -0.668. The van der Waals surface area contributed by atoms with Crippen molar-refractivity contribution >= 4 is 29.1 Å². The van der Waals surface area contributed by atoms with Crippen molar-refractivity contribution in [2.45, 2.75) is 31.3 Å². The smallest absolute Gasteiger partial charge is 0.304 e. The normalized spacial score (nSPS) is 26.2. The Bertz CT molecular complexity index is 431. The fraction of sp³-hybridized carbons (Fsp3) is 0.643. The maximum atomic E-state index is 11.1. The molecule has 3 nitrogen and oxygen atoms in total. The van der Waals surface area contributed by atoms with E-state index >= 15 is 0 Å². The third kappa shape index (κ3) is 3.15. The van der Waals surface area contributed by atoms with Crippen molar-refractivity contribution in [3.8, 4) is 0 Å². The van der Waals surface area contributed by atoms with Crippen LogP contribution in [0.5, 0.6) is 0 Å². The fourth-order valence-electron chi connectivity index (χ4n) is 2.95. The lowest BCUT2D eigenvalue weighted by molar-refractivity contribution is -0.138. The van der Waals surface area contributed by atoms with E-state index in [9.17, 15) is 4.79 Å². The average molecular weight is 297 g/mol. The zero-order valence-corrected chi connectivity index (χ0v) is 12.5. The molecular weight excluding hydrogens is 278 g/mol. The highest BCUT2D eigenvalue weighted by Gasteiger charge is 2.40. The van der Waals surface area contributed by atoms with Crippen LogP contribution >= 0.6 is 23.1 Å². The highest BCUT2D eigenvalue weighted by molar-refractivity contribution is 7.99. The molecule has 0 spiro atoms. The maximum absolute atomic E-state index is 11.1. The Hall–Kier alpha value is -0.520. The van der Waals surface area contributed by atoms with E-state index in [1.165, 1.54) is 17.7 Å². The van der Waals surface area contributed by atoms with Gasteiger partial charge >= 0.3 is 5.97 Å². The van der Waals surface area contributed by atoms with Crippen LogP contribution in [0.4, 0.5) is 0 Å². The first-order valence-electron chi connectivity index (χ1n) is 6.84. The van der Waals surface area contributed by atoms with E-state index < -0.39 is 5.97 Å². The molecule has 5 heteroatoms. The number of carbonyl (C=O) groups is 1. The molecule has 3 rings (SSSR count). The maximum Gasteiger partial charge on any atom is 0.304 e. The summed E-state index contributed by atoms with van der Waals surface area (Å²) in [5, 5.41) is 11.3. The molecule has 1 aliphatic carbocycles. The molecule has 1 N–H and O–H groups in total. The molecule has 2 unspecified atom stereocenters. The Morgan fingerprint density at radius 1 is 1.53 bits per heavy atom. The van der Waals surface area contributed by atoms with Gasteiger partial charge in [-0.25, -0.2) is 0 Å². The summed E-state index contributed by atoms with van der Waals surface area (Å²) in [7, 11) is 0. The molecule has 1 saturated heterocycles. The lowest BCUT2D eigenvalue weighted by Gasteiger charge is -2.40. The van der Waals surface area contributed by atoms with E-state index in [2.05, 4.69) is 22.4 Å². The van der Waals surface area contributed by atoms with Crippen molar-refractivity contribution in [2.75, 3.05) is 18.1 Å². The molecule has 1 aromatic heterocycles. The molecule has 2 heterocycles. The summed E-state index contributed by atoms with van der Waals surface area (Å²) in [6, 6.07) is 4.99. The summed E-state index contributed by atoms with van der Waals surface area (Å²) < 4.78 is 0. The third-order valence-electron chi connectivity index (χ3n) is 3.94. The van der Waals surface area contributed by atoms with Crippen molar-refractivity contribution in [2.24, 2.45) is 5.92 Å². The number of aliphatic carboxylic acids is 1. The van der Waals surface area contributed by atoms with Crippen LogP contribution in [-0.2, 0) is 4.79 Å². The average Bonchev–Trinajstić information content (AvgIpc) is 3.06. The lowest BCUT2D eigenvalue weighted by atomic mass is 10.0. The monoisotopic (exact) mass is 297 g/mol. The second kappa shape index (κ2) is 5.85. The summed E-state index contributed by atoms with van der Waals surface area (Å²) in [5.74, 6) is 2.17. The molecule has 0 amide bonds. The zero-order valence-electron chi connectivity index (χ0n) is 10.8. The van der Waals surface area contributed by atoms with Gasteiger partial charge in [0.15, 0.2) is 0 Å². The number of thioether (sulfide) groups is 1. The first-order valence-corrected chi connectivity index (χ1v) is 8.88. The van der Waals surface area contributed by atoms with Gasteiger partial charge in [-0.05, 0) is 30.2 Å². The third-order valence-corrected chi connectivity index (χ3v) is 5.98. The highest BCUT2D eigenvalue weighted by atomic mass is 32.2. The molecule has 0 bridgehead atoms. The molecule has 2 atom stereocenters. The van der Waals surface area contributed by atoms with Crippen LogP contribution in [0.25, 0.3) is 0 Å². The van der Waals surface area contributed by atoms with Crippen molar-refractivity contribution in [1.29, 1.82) is 0 Å². The Balaban J connectivity index is 1.80. The van der Waals surface area contributed by atoms with Crippen molar-refractivity contribution in [3.05, 3.63) is 22.4 Å². The first kappa shape index (κ1) is 13.5. The number of nitrogens with zero attached hydrogens (tertiary/aromatic N) is 1. The van der Waals surface area contributed by atoms with Crippen LogP contribution in [0.1, 0.15) is 30.2 Å².